The van der Waals surface area contributed by atoms with E-state index in [1.807, 2.05) is 0 Å². The second-order valence-corrected chi connectivity index (χ2v) is 5.21. The van der Waals surface area contributed by atoms with Crippen molar-refractivity contribution < 1.29 is 19.8 Å². The molecule has 2 N–H and O–H groups in total. The van der Waals surface area contributed by atoms with E-state index in [0.29, 0.717) is 19.3 Å². The van der Waals surface area contributed by atoms with Crippen LogP contribution in [0.3, 0.4) is 0 Å². The van der Waals surface area contributed by atoms with Crippen LogP contribution in [0.4, 0.5) is 0 Å². The number of carboxylic acids is 2. The van der Waals surface area contributed by atoms with Gasteiger partial charge in [-0.15, -0.1) is 0 Å². The van der Waals surface area contributed by atoms with Gasteiger partial charge in [0.05, 0.1) is 11.3 Å². The molecule has 16 heavy (non-hydrogen) atoms. The molecule has 0 spiro atoms. The Morgan fingerprint density at radius 1 is 1.06 bits per heavy atom. The van der Waals surface area contributed by atoms with Crippen molar-refractivity contribution in [3.8, 4) is 0 Å². The summed E-state index contributed by atoms with van der Waals surface area (Å²) in [7, 11) is 0. The van der Waals surface area contributed by atoms with Gasteiger partial charge in [-0.2, -0.15) is 0 Å². The molecule has 0 aromatic rings. The standard InChI is InChI=1S/C12H18O4/c13-10(14)8-4-6-12(11(15)16)5-2-1-3-9(12)7-8/h8-9H,1-7H2,(H,13,14)(H,15,16)/t8?,9-,12+/m0/s1. The van der Waals surface area contributed by atoms with Gasteiger partial charge < -0.3 is 10.2 Å². The van der Waals surface area contributed by atoms with Gasteiger partial charge in [0.15, 0.2) is 0 Å². The van der Waals surface area contributed by atoms with Gasteiger partial charge >= 0.3 is 11.9 Å². The Bertz CT molecular complexity index is 312. The van der Waals surface area contributed by atoms with Gasteiger partial charge in [-0.25, -0.2) is 0 Å². The molecule has 1 unspecified atom stereocenters. The largest absolute Gasteiger partial charge is 0.481 e. The monoisotopic (exact) mass is 226 g/mol. The molecule has 2 fully saturated rings. The quantitative estimate of drug-likeness (QED) is 0.756. The summed E-state index contributed by atoms with van der Waals surface area (Å²) in [6, 6.07) is 0. The fourth-order valence-electron chi connectivity index (χ4n) is 3.49. The van der Waals surface area contributed by atoms with Crippen molar-refractivity contribution in [3.05, 3.63) is 0 Å². The number of carboxylic acid groups (broad SMARTS) is 2. The molecule has 0 radical (unpaired) electrons. The SMILES string of the molecule is O=C(O)C1CC[C@]2(C(=O)O)CCCC[C@H]2C1. The van der Waals surface area contributed by atoms with Crippen LogP contribution in [0.1, 0.15) is 44.9 Å². The minimum absolute atomic E-state index is 0.0774. The highest BCUT2D eigenvalue weighted by Crippen LogP contribution is 2.52. The van der Waals surface area contributed by atoms with E-state index in [4.69, 9.17) is 5.11 Å². The number of hydrogen-bond donors (Lipinski definition) is 2. The lowest BCUT2D eigenvalue weighted by molar-refractivity contribution is -0.163. The van der Waals surface area contributed by atoms with Crippen LogP contribution in [0.25, 0.3) is 0 Å². The zero-order chi connectivity index (χ0) is 11.8. The molecule has 0 heterocycles. The molecule has 2 aliphatic rings. The highest BCUT2D eigenvalue weighted by Gasteiger charge is 2.51. The molecule has 2 saturated carbocycles. The summed E-state index contributed by atoms with van der Waals surface area (Å²) in [6.45, 7) is 0. The van der Waals surface area contributed by atoms with Gasteiger partial charge in [-0.1, -0.05) is 12.8 Å². The second-order valence-electron chi connectivity index (χ2n) is 5.21. The van der Waals surface area contributed by atoms with Crippen molar-refractivity contribution in [2.45, 2.75) is 44.9 Å². The molecule has 0 amide bonds. The molecule has 0 aliphatic heterocycles. The summed E-state index contributed by atoms with van der Waals surface area (Å²) in [4.78, 5) is 22.4. The number of carbonyl (C=O) groups is 2. The molecular formula is C12H18O4. The number of fused-ring (bicyclic) bond motifs is 1. The maximum atomic E-state index is 11.4. The van der Waals surface area contributed by atoms with Gasteiger partial charge in [-0.3, -0.25) is 9.59 Å². The molecule has 4 nitrogen and oxygen atoms in total. The van der Waals surface area contributed by atoms with Crippen LogP contribution in [-0.4, -0.2) is 22.2 Å². The van der Waals surface area contributed by atoms with Crippen molar-refractivity contribution in [2.24, 2.45) is 17.3 Å². The molecular weight excluding hydrogens is 208 g/mol. The molecule has 0 aromatic heterocycles. The van der Waals surface area contributed by atoms with Crippen LogP contribution in [-0.2, 0) is 9.59 Å². The highest BCUT2D eigenvalue weighted by atomic mass is 16.4. The van der Waals surface area contributed by atoms with E-state index in [9.17, 15) is 14.7 Å². The number of aliphatic carboxylic acids is 2. The zero-order valence-corrected chi connectivity index (χ0v) is 9.32. The van der Waals surface area contributed by atoms with Crippen molar-refractivity contribution in [2.75, 3.05) is 0 Å². The van der Waals surface area contributed by atoms with Gasteiger partial charge in [0.25, 0.3) is 0 Å². The molecule has 0 saturated heterocycles. The average Bonchev–Trinajstić information content (AvgIpc) is 2.27. The van der Waals surface area contributed by atoms with E-state index in [1.165, 1.54) is 0 Å². The third-order valence-electron chi connectivity index (χ3n) is 4.49. The average molecular weight is 226 g/mol. The van der Waals surface area contributed by atoms with Crippen LogP contribution in [0.5, 0.6) is 0 Å². The minimum Gasteiger partial charge on any atom is -0.481 e. The Kier molecular flexibility index (Phi) is 2.91. The third kappa shape index (κ3) is 1.70. The fraction of sp³-hybridized carbons (Fsp3) is 0.833. The van der Waals surface area contributed by atoms with E-state index in [1.54, 1.807) is 0 Å². The lowest BCUT2D eigenvalue weighted by atomic mass is 9.57. The predicted octanol–water partition coefficient (Wildman–Crippen LogP) is 2.13. The number of rotatable bonds is 2. The Hall–Kier alpha value is -1.06. The first-order valence-electron chi connectivity index (χ1n) is 6.02. The Morgan fingerprint density at radius 2 is 1.81 bits per heavy atom. The minimum atomic E-state index is -0.760. The number of hydrogen-bond acceptors (Lipinski definition) is 2. The third-order valence-corrected chi connectivity index (χ3v) is 4.49. The maximum absolute atomic E-state index is 11.4. The van der Waals surface area contributed by atoms with E-state index >= 15 is 0 Å². The van der Waals surface area contributed by atoms with Crippen LogP contribution in [0, 0.1) is 17.3 Å². The molecule has 0 aromatic carbocycles. The summed E-state index contributed by atoms with van der Waals surface area (Å²) in [6.07, 6.45) is 5.27. The zero-order valence-electron chi connectivity index (χ0n) is 9.32. The lowest BCUT2D eigenvalue weighted by Gasteiger charge is -2.45. The summed E-state index contributed by atoms with van der Waals surface area (Å²) in [5, 5.41) is 18.4. The fourth-order valence-corrected chi connectivity index (χ4v) is 3.49. The second kappa shape index (κ2) is 4.07. The van der Waals surface area contributed by atoms with Crippen molar-refractivity contribution in [1.82, 2.24) is 0 Å². The van der Waals surface area contributed by atoms with Crippen LogP contribution in [0.2, 0.25) is 0 Å². The maximum Gasteiger partial charge on any atom is 0.309 e. The van der Waals surface area contributed by atoms with Crippen molar-refractivity contribution in [3.63, 3.8) is 0 Å². The van der Waals surface area contributed by atoms with Crippen molar-refractivity contribution in [1.29, 1.82) is 0 Å². The molecule has 4 heteroatoms. The lowest BCUT2D eigenvalue weighted by Crippen LogP contribution is -2.46. The predicted molar refractivity (Wildman–Crippen MR) is 57.0 cm³/mol. The van der Waals surface area contributed by atoms with Gasteiger partial charge in [-0.05, 0) is 38.0 Å². The Morgan fingerprint density at radius 3 is 2.44 bits per heavy atom. The van der Waals surface area contributed by atoms with Gasteiger partial charge in [0.2, 0.25) is 0 Å². The van der Waals surface area contributed by atoms with Crippen molar-refractivity contribution >= 4 is 11.9 Å². The smallest absolute Gasteiger partial charge is 0.309 e. The van der Waals surface area contributed by atoms with Crippen LogP contribution < -0.4 is 0 Å². The van der Waals surface area contributed by atoms with E-state index in [0.717, 1.165) is 25.7 Å². The van der Waals surface area contributed by atoms with Crippen LogP contribution >= 0.6 is 0 Å². The van der Waals surface area contributed by atoms with Gasteiger partial charge in [0.1, 0.15) is 0 Å². The van der Waals surface area contributed by atoms with E-state index in [2.05, 4.69) is 0 Å². The summed E-state index contributed by atoms with van der Waals surface area (Å²) < 4.78 is 0. The summed E-state index contributed by atoms with van der Waals surface area (Å²) in [5.41, 5.74) is -0.607. The Labute approximate surface area is 94.7 Å². The normalized spacial score (nSPS) is 38.8. The first kappa shape index (κ1) is 11.4. The molecule has 2 aliphatic carbocycles. The molecule has 90 valence electrons. The highest BCUT2D eigenvalue weighted by molar-refractivity contribution is 5.76. The van der Waals surface area contributed by atoms with E-state index in [-0.39, 0.29) is 11.8 Å². The summed E-state index contributed by atoms with van der Waals surface area (Å²) in [5.74, 6) is -1.71. The first-order valence-corrected chi connectivity index (χ1v) is 6.02. The molecule has 2 rings (SSSR count). The first-order chi connectivity index (χ1) is 7.56. The Balaban J connectivity index is 2.18. The molecule has 0 bridgehead atoms. The van der Waals surface area contributed by atoms with Gasteiger partial charge in [0, 0.05) is 0 Å². The summed E-state index contributed by atoms with van der Waals surface area (Å²) >= 11 is 0. The topological polar surface area (TPSA) is 74.6 Å². The van der Waals surface area contributed by atoms with Crippen LogP contribution in [0.15, 0.2) is 0 Å². The van der Waals surface area contributed by atoms with E-state index < -0.39 is 17.4 Å². The molecule has 3 atom stereocenters.